The van der Waals surface area contributed by atoms with Gasteiger partial charge in [-0.05, 0) is 31.0 Å². The summed E-state index contributed by atoms with van der Waals surface area (Å²) in [6.45, 7) is 1.40. The molecule has 0 radical (unpaired) electrons. The van der Waals surface area contributed by atoms with Crippen LogP contribution in [-0.2, 0) is 6.54 Å². The molecule has 1 aliphatic heterocycles. The van der Waals surface area contributed by atoms with E-state index in [1.165, 1.54) is 11.0 Å². The van der Waals surface area contributed by atoms with Crippen molar-refractivity contribution in [2.45, 2.75) is 50.3 Å². The van der Waals surface area contributed by atoms with Gasteiger partial charge in [0.05, 0.1) is 31.9 Å². The highest BCUT2D eigenvalue weighted by atomic mass is 19.1. The van der Waals surface area contributed by atoms with E-state index in [0.717, 1.165) is 61.3 Å². The van der Waals surface area contributed by atoms with Crippen LogP contribution in [0, 0.1) is 11.7 Å². The van der Waals surface area contributed by atoms with Gasteiger partial charge in [-0.25, -0.2) is 4.39 Å². The molecule has 0 aromatic heterocycles. The molecule has 1 heterocycles. The minimum Gasteiger partial charge on any atom is -0.497 e. The first-order valence-corrected chi connectivity index (χ1v) is 10.6. The van der Waals surface area contributed by atoms with E-state index < -0.39 is 5.60 Å². The summed E-state index contributed by atoms with van der Waals surface area (Å²) < 4.78 is 25.5. The lowest BCUT2D eigenvalue weighted by molar-refractivity contribution is -0.958. The molecule has 156 valence electrons. The number of hydrogen-bond donors (Lipinski definition) is 2. The minimum atomic E-state index is -0.646. The lowest BCUT2D eigenvalue weighted by Crippen LogP contribution is -3.13. The second-order valence-electron chi connectivity index (χ2n) is 8.47. The Morgan fingerprint density at radius 3 is 2.69 bits per heavy atom. The van der Waals surface area contributed by atoms with Gasteiger partial charge in [0.1, 0.15) is 29.9 Å². The molecule has 4 nitrogen and oxygen atoms in total. The van der Waals surface area contributed by atoms with Crippen LogP contribution in [0.1, 0.15) is 49.3 Å². The molecule has 29 heavy (non-hydrogen) atoms. The van der Waals surface area contributed by atoms with E-state index in [-0.39, 0.29) is 17.8 Å². The quantitative estimate of drug-likeness (QED) is 0.809. The number of aliphatic hydroxyl groups is 1. The van der Waals surface area contributed by atoms with Crippen molar-refractivity contribution >= 4 is 0 Å². The van der Waals surface area contributed by atoms with Crippen LogP contribution in [0.5, 0.6) is 11.5 Å². The van der Waals surface area contributed by atoms with Crippen molar-refractivity contribution in [2.24, 2.45) is 5.92 Å². The smallest absolute Gasteiger partial charge is 0.132 e. The van der Waals surface area contributed by atoms with Crippen LogP contribution in [0.15, 0.2) is 42.5 Å². The monoisotopic (exact) mass is 400 g/mol. The van der Waals surface area contributed by atoms with Crippen molar-refractivity contribution in [3.63, 3.8) is 0 Å². The van der Waals surface area contributed by atoms with Crippen LogP contribution >= 0.6 is 0 Å². The first-order valence-electron chi connectivity index (χ1n) is 10.6. The molecule has 1 saturated heterocycles. The lowest BCUT2D eigenvalue weighted by Gasteiger charge is -2.50. The van der Waals surface area contributed by atoms with Crippen LogP contribution < -0.4 is 14.4 Å². The summed E-state index contributed by atoms with van der Waals surface area (Å²) in [6, 6.07) is 13.0. The average molecular weight is 401 g/mol. The molecule has 2 aromatic carbocycles. The number of rotatable bonds is 5. The normalized spacial score (nSPS) is 29.2. The molecule has 1 unspecified atom stereocenters. The lowest BCUT2D eigenvalue weighted by atomic mass is 9.66. The number of likely N-dealkylation sites (tertiary alicyclic amines) is 1. The van der Waals surface area contributed by atoms with Crippen LogP contribution in [0.25, 0.3) is 0 Å². The Morgan fingerprint density at radius 2 is 1.93 bits per heavy atom. The predicted octanol–water partition coefficient (Wildman–Crippen LogP) is 3.29. The fourth-order valence-corrected chi connectivity index (χ4v) is 5.45. The molecule has 2 fully saturated rings. The van der Waals surface area contributed by atoms with E-state index in [1.54, 1.807) is 20.3 Å². The van der Waals surface area contributed by atoms with Crippen molar-refractivity contribution in [3.05, 3.63) is 59.4 Å². The molecule has 0 bridgehead atoms. The van der Waals surface area contributed by atoms with Crippen molar-refractivity contribution in [3.8, 4) is 11.5 Å². The van der Waals surface area contributed by atoms with Crippen LogP contribution in [0.2, 0.25) is 0 Å². The number of benzene rings is 2. The Hall–Kier alpha value is -2.11. The third-order valence-electron chi connectivity index (χ3n) is 6.94. The highest BCUT2D eigenvalue weighted by molar-refractivity contribution is 5.42. The zero-order valence-corrected chi connectivity index (χ0v) is 17.3. The van der Waals surface area contributed by atoms with Crippen LogP contribution in [-0.4, -0.2) is 31.5 Å². The summed E-state index contributed by atoms with van der Waals surface area (Å²) in [5.41, 5.74) is 1.15. The molecular weight excluding hydrogens is 369 g/mol. The molecule has 2 aromatic rings. The maximum atomic E-state index is 14.4. The molecule has 4 rings (SSSR count). The van der Waals surface area contributed by atoms with Gasteiger partial charge in [0.15, 0.2) is 0 Å². The van der Waals surface area contributed by atoms with Gasteiger partial charge in [0.2, 0.25) is 0 Å². The number of nitrogens with one attached hydrogen (secondary N) is 1. The molecule has 0 amide bonds. The van der Waals surface area contributed by atoms with Crippen LogP contribution in [0.4, 0.5) is 4.39 Å². The van der Waals surface area contributed by atoms with Crippen molar-refractivity contribution < 1.29 is 23.9 Å². The molecular formula is C24H31FNO3+. The van der Waals surface area contributed by atoms with Gasteiger partial charge in [0, 0.05) is 24.0 Å². The number of ether oxygens (including phenoxy) is 2. The summed E-state index contributed by atoms with van der Waals surface area (Å²) >= 11 is 0. The standard InChI is InChI=1S/C24H30FNO3/c1-28-18-10-11-19(22(15-18)29-2)23-20-8-5-6-12-24(20,27)13-14-26(23)16-17-7-3-4-9-21(17)25/h3-4,7,9-11,15,20,23,27H,5-6,8,12-14,16H2,1-2H3/p+1/t20-,23-,24+/m1/s1. The Labute approximate surface area is 172 Å². The molecule has 5 heteroatoms. The number of quaternary nitrogens is 1. The molecule has 1 saturated carbocycles. The number of piperidine rings is 1. The maximum absolute atomic E-state index is 14.4. The van der Waals surface area contributed by atoms with Crippen LogP contribution in [0.3, 0.4) is 0 Å². The van der Waals surface area contributed by atoms with E-state index in [2.05, 4.69) is 6.07 Å². The highest BCUT2D eigenvalue weighted by Crippen LogP contribution is 2.46. The average Bonchev–Trinajstić information content (AvgIpc) is 2.75. The number of hydrogen-bond acceptors (Lipinski definition) is 3. The van der Waals surface area contributed by atoms with Crippen molar-refractivity contribution in [2.75, 3.05) is 20.8 Å². The van der Waals surface area contributed by atoms with Gasteiger partial charge in [-0.15, -0.1) is 0 Å². The van der Waals surface area contributed by atoms with Crippen molar-refractivity contribution in [1.29, 1.82) is 0 Å². The zero-order valence-electron chi connectivity index (χ0n) is 17.3. The fourth-order valence-electron chi connectivity index (χ4n) is 5.45. The van der Waals surface area contributed by atoms with E-state index in [0.29, 0.717) is 6.54 Å². The second-order valence-corrected chi connectivity index (χ2v) is 8.47. The largest absolute Gasteiger partial charge is 0.497 e. The van der Waals surface area contributed by atoms with E-state index in [4.69, 9.17) is 9.47 Å². The summed E-state index contributed by atoms with van der Waals surface area (Å²) in [5, 5.41) is 11.5. The van der Waals surface area contributed by atoms with Crippen molar-refractivity contribution in [1.82, 2.24) is 0 Å². The fraction of sp³-hybridized carbons (Fsp3) is 0.500. The Kier molecular flexibility index (Phi) is 5.79. The van der Waals surface area contributed by atoms with Gasteiger partial charge >= 0.3 is 0 Å². The van der Waals surface area contributed by atoms with Gasteiger partial charge in [-0.3, -0.25) is 0 Å². The van der Waals surface area contributed by atoms with Gasteiger partial charge in [-0.2, -0.15) is 0 Å². The highest BCUT2D eigenvalue weighted by Gasteiger charge is 2.52. The molecule has 2 N–H and O–H groups in total. The summed E-state index contributed by atoms with van der Waals surface area (Å²) in [6.07, 6.45) is 4.78. The molecule has 0 spiro atoms. The third kappa shape index (κ3) is 3.86. The summed E-state index contributed by atoms with van der Waals surface area (Å²) in [5.74, 6) is 1.49. The molecule has 2 aliphatic rings. The maximum Gasteiger partial charge on any atom is 0.132 e. The first-order chi connectivity index (χ1) is 14.1. The Balaban J connectivity index is 1.76. The molecule has 4 atom stereocenters. The van der Waals surface area contributed by atoms with Gasteiger partial charge < -0.3 is 19.5 Å². The van der Waals surface area contributed by atoms with Gasteiger partial charge in [-0.1, -0.05) is 31.0 Å². The van der Waals surface area contributed by atoms with E-state index in [9.17, 15) is 9.50 Å². The summed E-state index contributed by atoms with van der Waals surface area (Å²) in [4.78, 5) is 1.29. The Morgan fingerprint density at radius 1 is 1.10 bits per heavy atom. The second kappa shape index (κ2) is 8.33. The number of methoxy groups -OCH3 is 2. The molecule has 1 aliphatic carbocycles. The Bertz CT molecular complexity index is 858. The SMILES string of the molecule is COc1ccc([C@@H]2[C@H]3CCCC[C@]3(O)CC[NH+]2Cc2ccccc2F)c(OC)c1. The third-order valence-corrected chi connectivity index (χ3v) is 6.94. The zero-order chi connectivity index (χ0) is 20.4. The van der Waals surface area contributed by atoms with Gasteiger partial charge in [0.25, 0.3) is 0 Å². The van der Waals surface area contributed by atoms with E-state index in [1.807, 2.05) is 24.3 Å². The van der Waals surface area contributed by atoms with E-state index >= 15 is 0 Å². The first kappa shape index (κ1) is 20.2. The topological polar surface area (TPSA) is 43.1 Å². The predicted molar refractivity (Wildman–Crippen MR) is 110 cm³/mol. The minimum absolute atomic E-state index is 0.0505. The number of halogens is 1. The summed E-state index contributed by atoms with van der Waals surface area (Å²) in [7, 11) is 3.31. The number of fused-ring (bicyclic) bond motifs is 1.